The third-order valence-corrected chi connectivity index (χ3v) is 3.45. The number of carbonyl (C=O) groups is 3. The van der Waals surface area contributed by atoms with E-state index in [1.807, 2.05) is 0 Å². The minimum absolute atomic E-state index is 0.0523. The molecule has 128 valence electrons. The van der Waals surface area contributed by atoms with Gasteiger partial charge in [0.1, 0.15) is 12.2 Å². The van der Waals surface area contributed by atoms with Gasteiger partial charge >= 0.3 is 17.9 Å². The molecule has 8 nitrogen and oxygen atoms in total. The van der Waals surface area contributed by atoms with Gasteiger partial charge in [0.2, 0.25) is 0 Å². The summed E-state index contributed by atoms with van der Waals surface area (Å²) in [6.45, 7) is 5.81. The Morgan fingerprint density at radius 3 is 2.22 bits per heavy atom. The number of hydrogen-bond acceptors (Lipinski definition) is 8. The second kappa shape index (κ2) is 6.29. The van der Waals surface area contributed by atoms with Crippen LogP contribution in [0.2, 0.25) is 0 Å². The molecule has 1 saturated heterocycles. The average Bonchev–Trinajstić information content (AvgIpc) is 2.73. The molecule has 1 fully saturated rings. The number of hydrogen-bond donors (Lipinski definition) is 0. The smallest absolute Gasteiger partial charge is 0.337 e. The van der Waals surface area contributed by atoms with E-state index in [0.717, 1.165) is 0 Å². The van der Waals surface area contributed by atoms with Gasteiger partial charge < -0.3 is 23.7 Å². The molecule has 2 aliphatic rings. The monoisotopic (exact) mass is 328 g/mol. The van der Waals surface area contributed by atoms with Gasteiger partial charge in [-0.15, -0.1) is 0 Å². The maximum atomic E-state index is 12.0. The fourth-order valence-corrected chi connectivity index (χ4v) is 2.75. The maximum absolute atomic E-state index is 12.0. The summed E-state index contributed by atoms with van der Waals surface area (Å²) in [5.41, 5.74) is 0.0523. The van der Waals surface area contributed by atoms with Crippen molar-refractivity contribution in [1.29, 1.82) is 0 Å². The van der Waals surface area contributed by atoms with Crippen molar-refractivity contribution in [2.75, 3.05) is 7.11 Å². The predicted molar refractivity (Wildman–Crippen MR) is 75.0 cm³/mol. The fourth-order valence-electron chi connectivity index (χ4n) is 2.75. The first kappa shape index (κ1) is 17.4. The van der Waals surface area contributed by atoms with Crippen LogP contribution in [-0.2, 0) is 38.1 Å². The van der Waals surface area contributed by atoms with Crippen LogP contribution < -0.4 is 0 Å². The Kier molecular flexibility index (Phi) is 4.76. The van der Waals surface area contributed by atoms with Crippen molar-refractivity contribution in [3.05, 3.63) is 11.6 Å². The van der Waals surface area contributed by atoms with Crippen molar-refractivity contribution in [2.24, 2.45) is 0 Å². The number of ether oxygens (including phenoxy) is 5. The zero-order valence-electron chi connectivity index (χ0n) is 13.7. The minimum Gasteiger partial charge on any atom is -0.466 e. The molecule has 0 N–H and O–H groups in total. The van der Waals surface area contributed by atoms with Crippen molar-refractivity contribution in [1.82, 2.24) is 0 Å². The third-order valence-electron chi connectivity index (χ3n) is 3.45. The standard InChI is InChI=1S/C15H20O8/c1-7(16)20-11-9(14(18)19-5)6-10-12(13(11)21-8(2)17)23-15(3,4)22-10/h6,10-13H,1-5H3/t10-,11+,12-,13-/m1/s1. The Balaban J connectivity index is 2.45. The summed E-state index contributed by atoms with van der Waals surface area (Å²) in [5, 5.41) is 0. The SMILES string of the molecule is COC(=O)C1=C[C@H]2OC(C)(C)O[C@H]2[C@H](OC(C)=O)[C@H]1OC(C)=O. The van der Waals surface area contributed by atoms with Gasteiger partial charge in [-0.3, -0.25) is 9.59 Å². The number of esters is 3. The molecule has 23 heavy (non-hydrogen) atoms. The highest BCUT2D eigenvalue weighted by atomic mass is 16.8. The summed E-state index contributed by atoms with van der Waals surface area (Å²) in [5.74, 6) is -2.85. The summed E-state index contributed by atoms with van der Waals surface area (Å²) >= 11 is 0. The van der Waals surface area contributed by atoms with Crippen LogP contribution in [0.1, 0.15) is 27.7 Å². The molecule has 4 atom stereocenters. The van der Waals surface area contributed by atoms with Crippen LogP contribution in [0.3, 0.4) is 0 Å². The van der Waals surface area contributed by atoms with E-state index in [4.69, 9.17) is 23.7 Å². The van der Waals surface area contributed by atoms with E-state index in [-0.39, 0.29) is 5.57 Å². The lowest BCUT2D eigenvalue weighted by Crippen LogP contribution is -2.52. The van der Waals surface area contributed by atoms with Crippen molar-refractivity contribution >= 4 is 17.9 Å². The Hall–Kier alpha value is -1.93. The van der Waals surface area contributed by atoms with Crippen molar-refractivity contribution in [3.8, 4) is 0 Å². The molecule has 0 spiro atoms. The van der Waals surface area contributed by atoms with Crippen molar-refractivity contribution in [2.45, 2.75) is 57.9 Å². The molecule has 0 unspecified atom stereocenters. The van der Waals surface area contributed by atoms with E-state index in [1.165, 1.54) is 27.0 Å². The molecule has 0 amide bonds. The van der Waals surface area contributed by atoms with E-state index >= 15 is 0 Å². The first-order valence-electron chi connectivity index (χ1n) is 7.14. The molecule has 0 aromatic rings. The fraction of sp³-hybridized carbons (Fsp3) is 0.667. The van der Waals surface area contributed by atoms with Crippen LogP contribution in [0.25, 0.3) is 0 Å². The quantitative estimate of drug-likeness (QED) is 0.545. The number of carbonyl (C=O) groups excluding carboxylic acids is 3. The van der Waals surface area contributed by atoms with Crippen LogP contribution in [0.4, 0.5) is 0 Å². The molecular weight excluding hydrogens is 308 g/mol. The van der Waals surface area contributed by atoms with Crippen LogP contribution >= 0.6 is 0 Å². The van der Waals surface area contributed by atoms with E-state index in [9.17, 15) is 14.4 Å². The highest BCUT2D eigenvalue weighted by molar-refractivity contribution is 5.90. The van der Waals surface area contributed by atoms with Crippen LogP contribution in [0.15, 0.2) is 11.6 Å². The molecule has 1 aliphatic heterocycles. The zero-order chi connectivity index (χ0) is 17.4. The molecule has 0 radical (unpaired) electrons. The second-order valence-electron chi connectivity index (χ2n) is 5.78. The molecule has 8 heteroatoms. The predicted octanol–water partition coefficient (Wildman–Crippen LogP) is 0.483. The number of fused-ring (bicyclic) bond motifs is 1. The average molecular weight is 328 g/mol. The molecule has 0 aromatic heterocycles. The largest absolute Gasteiger partial charge is 0.466 e. The van der Waals surface area contributed by atoms with Gasteiger partial charge in [0.05, 0.1) is 12.7 Å². The Bertz CT molecular complexity index is 550. The number of methoxy groups -OCH3 is 1. The summed E-state index contributed by atoms with van der Waals surface area (Å²) in [6, 6.07) is 0. The Morgan fingerprint density at radius 2 is 1.70 bits per heavy atom. The van der Waals surface area contributed by atoms with E-state index in [1.54, 1.807) is 13.8 Å². The van der Waals surface area contributed by atoms with Gasteiger partial charge in [-0.1, -0.05) is 0 Å². The maximum Gasteiger partial charge on any atom is 0.337 e. The van der Waals surface area contributed by atoms with Gasteiger partial charge in [-0.25, -0.2) is 4.79 Å². The molecular formula is C15H20O8. The lowest BCUT2D eigenvalue weighted by atomic mass is 9.89. The van der Waals surface area contributed by atoms with Crippen LogP contribution in [0.5, 0.6) is 0 Å². The van der Waals surface area contributed by atoms with Crippen molar-refractivity contribution < 1.29 is 38.1 Å². The first-order chi connectivity index (χ1) is 10.6. The third kappa shape index (κ3) is 3.70. The van der Waals surface area contributed by atoms with E-state index in [2.05, 4.69) is 0 Å². The van der Waals surface area contributed by atoms with Gasteiger partial charge in [0, 0.05) is 13.8 Å². The van der Waals surface area contributed by atoms with Crippen molar-refractivity contribution in [3.63, 3.8) is 0 Å². The Labute approximate surface area is 133 Å². The molecule has 0 bridgehead atoms. The highest BCUT2D eigenvalue weighted by Gasteiger charge is 2.54. The summed E-state index contributed by atoms with van der Waals surface area (Å²) in [7, 11) is 1.21. The van der Waals surface area contributed by atoms with Crippen LogP contribution in [0, 0.1) is 0 Å². The van der Waals surface area contributed by atoms with Gasteiger partial charge in [0.15, 0.2) is 18.0 Å². The first-order valence-corrected chi connectivity index (χ1v) is 7.14. The lowest BCUT2D eigenvalue weighted by molar-refractivity contribution is -0.185. The molecule has 0 saturated carbocycles. The Morgan fingerprint density at radius 1 is 1.09 bits per heavy atom. The van der Waals surface area contributed by atoms with Gasteiger partial charge in [-0.2, -0.15) is 0 Å². The molecule has 2 rings (SSSR count). The molecule has 1 aliphatic carbocycles. The van der Waals surface area contributed by atoms with Gasteiger partial charge in [-0.05, 0) is 19.9 Å². The summed E-state index contributed by atoms with van der Waals surface area (Å²) < 4.78 is 26.6. The van der Waals surface area contributed by atoms with Gasteiger partial charge in [0.25, 0.3) is 0 Å². The molecule has 0 aromatic carbocycles. The number of rotatable bonds is 3. The topological polar surface area (TPSA) is 97.4 Å². The minimum atomic E-state index is -1.12. The lowest BCUT2D eigenvalue weighted by Gasteiger charge is -2.35. The molecule has 1 heterocycles. The normalized spacial score (nSPS) is 31.6. The second-order valence-corrected chi connectivity index (χ2v) is 5.78. The van der Waals surface area contributed by atoms with E-state index in [0.29, 0.717) is 0 Å². The zero-order valence-corrected chi connectivity index (χ0v) is 13.7. The highest BCUT2D eigenvalue weighted by Crippen LogP contribution is 2.38. The summed E-state index contributed by atoms with van der Waals surface area (Å²) in [6.07, 6.45) is -1.98. The summed E-state index contributed by atoms with van der Waals surface area (Å²) in [4.78, 5) is 34.9. The van der Waals surface area contributed by atoms with Crippen LogP contribution in [-0.4, -0.2) is 55.2 Å². The van der Waals surface area contributed by atoms with E-state index < -0.39 is 48.1 Å².